The van der Waals surface area contributed by atoms with E-state index in [0.29, 0.717) is 17.6 Å². The van der Waals surface area contributed by atoms with Crippen molar-refractivity contribution < 1.29 is 4.74 Å². The van der Waals surface area contributed by atoms with Crippen molar-refractivity contribution in [2.45, 2.75) is 32.4 Å². The van der Waals surface area contributed by atoms with Crippen LogP contribution in [0.1, 0.15) is 23.6 Å². The highest BCUT2D eigenvalue weighted by Gasteiger charge is 2.20. The van der Waals surface area contributed by atoms with Crippen LogP contribution in [0.5, 0.6) is 5.75 Å². The lowest BCUT2D eigenvalue weighted by molar-refractivity contribution is 0.415. The zero-order chi connectivity index (χ0) is 15.8. The summed E-state index contributed by atoms with van der Waals surface area (Å²) >= 11 is 0. The minimum Gasteiger partial charge on any atom is -0.456 e. The first-order chi connectivity index (χ1) is 11.2. The first kappa shape index (κ1) is 14.2. The van der Waals surface area contributed by atoms with Gasteiger partial charge in [0.05, 0.1) is 5.69 Å². The molecule has 0 bridgehead atoms. The molecule has 118 valence electrons. The molecule has 2 aliphatic rings. The van der Waals surface area contributed by atoms with Gasteiger partial charge in [0, 0.05) is 12.6 Å². The Morgan fingerprint density at radius 1 is 1.17 bits per heavy atom. The summed E-state index contributed by atoms with van der Waals surface area (Å²) in [6.07, 6.45) is 2.22. The molecular weight excluding hydrogens is 286 g/mol. The van der Waals surface area contributed by atoms with Gasteiger partial charge in [-0.05, 0) is 48.6 Å². The number of benzene rings is 2. The van der Waals surface area contributed by atoms with Gasteiger partial charge in [0.2, 0.25) is 0 Å². The van der Waals surface area contributed by atoms with Gasteiger partial charge in [-0.15, -0.1) is 0 Å². The van der Waals surface area contributed by atoms with E-state index < -0.39 is 0 Å². The smallest absolute Gasteiger partial charge is 0.150 e. The average molecular weight is 307 g/mol. The van der Waals surface area contributed by atoms with Crippen molar-refractivity contribution in [3.63, 3.8) is 0 Å². The van der Waals surface area contributed by atoms with E-state index in [1.54, 1.807) is 0 Å². The summed E-state index contributed by atoms with van der Waals surface area (Å²) in [4.78, 5) is 0. The van der Waals surface area contributed by atoms with Crippen LogP contribution in [-0.2, 0) is 19.4 Å². The molecule has 0 fully saturated rings. The second kappa shape index (κ2) is 5.63. The predicted molar refractivity (Wildman–Crippen MR) is 92.1 cm³/mol. The zero-order valence-electron chi connectivity index (χ0n) is 13.2. The molecule has 0 spiro atoms. The predicted octanol–water partition coefficient (Wildman–Crippen LogP) is 2.90. The normalized spacial score (nSPS) is 16.6. The first-order valence-electron chi connectivity index (χ1n) is 8.03. The Morgan fingerprint density at radius 3 is 2.65 bits per heavy atom. The number of hydrogen-bond acceptors (Lipinski definition) is 4. The van der Waals surface area contributed by atoms with Gasteiger partial charge in [0.1, 0.15) is 11.6 Å². The Labute approximate surface area is 136 Å². The molecule has 2 aromatic rings. The van der Waals surface area contributed by atoms with Crippen LogP contribution in [0, 0.1) is 0 Å². The highest BCUT2D eigenvalue weighted by Crippen LogP contribution is 2.32. The summed E-state index contributed by atoms with van der Waals surface area (Å²) in [6, 6.07) is 15.4. The molecule has 2 aromatic carbocycles. The number of nitrogens with one attached hydrogen (secondary N) is 2. The van der Waals surface area contributed by atoms with E-state index in [2.05, 4.69) is 47.0 Å². The molecule has 0 radical (unpaired) electrons. The summed E-state index contributed by atoms with van der Waals surface area (Å²) in [5, 5.41) is 6.86. The number of fused-ring (bicyclic) bond motifs is 2. The average Bonchev–Trinajstić information content (AvgIpc) is 2.97. The summed E-state index contributed by atoms with van der Waals surface area (Å²) in [5.41, 5.74) is 11.0. The zero-order valence-corrected chi connectivity index (χ0v) is 13.2. The second-order valence-electron chi connectivity index (χ2n) is 6.28. The number of nitrogens with two attached hydrogens (primary N) is 1. The van der Waals surface area contributed by atoms with Crippen molar-refractivity contribution in [2.24, 2.45) is 5.73 Å². The quantitative estimate of drug-likeness (QED) is 0.816. The molecule has 1 heterocycles. The molecule has 0 unspecified atom stereocenters. The number of ether oxygens (including phenoxy) is 1. The van der Waals surface area contributed by atoms with Crippen LogP contribution in [0.25, 0.3) is 0 Å². The van der Waals surface area contributed by atoms with Crippen molar-refractivity contribution >= 4 is 5.69 Å². The van der Waals surface area contributed by atoms with Crippen LogP contribution in [0.2, 0.25) is 0 Å². The maximum absolute atomic E-state index is 5.89. The maximum Gasteiger partial charge on any atom is 0.150 e. The number of anilines is 1. The van der Waals surface area contributed by atoms with E-state index in [9.17, 15) is 0 Å². The van der Waals surface area contributed by atoms with Gasteiger partial charge in [-0.3, -0.25) is 0 Å². The fraction of sp³-hybridized carbons (Fsp3) is 0.263. The number of hydrogen-bond donors (Lipinski definition) is 3. The summed E-state index contributed by atoms with van der Waals surface area (Å²) in [5.74, 6) is 2.12. The number of allylic oxidation sites excluding steroid dienone is 1. The Balaban J connectivity index is 1.41. The van der Waals surface area contributed by atoms with Gasteiger partial charge in [-0.25, -0.2) is 0 Å². The molecule has 4 rings (SSSR count). The monoisotopic (exact) mass is 307 g/mol. The summed E-state index contributed by atoms with van der Waals surface area (Å²) < 4.78 is 5.69. The van der Waals surface area contributed by atoms with Crippen molar-refractivity contribution in [1.82, 2.24) is 5.32 Å². The molecular formula is C19H21N3O. The van der Waals surface area contributed by atoms with Crippen LogP contribution < -0.4 is 21.1 Å². The summed E-state index contributed by atoms with van der Waals surface area (Å²) in [6.45, 7) is 2.70. The number of rotatable bonds is 3. The highest BCUT2D eigenvalue weighted by atomic mass is 16.5. The summed E-state index contributed by atoms with van der Waals surface area (Å²) in [7, 11) is 0. The first-order valence-corrected chi connectivity index (χ1v) is 8.03. The topological polar surface area (TPSA) is 59.3 Å². The van der Waals surface area contributed by atoms with Crippen molar-refractivity contribution in [2.75, 3.05) is 5.32 Å². The molecule has 4 heteroatoms. The van der Waals surface area contributed by atoms with Gasteiger partial charge in [-0.2, -0.15) is 0 Å². The molecule has 0 aromatic heterocycles. The molecule has 0 saturated heterocycles. The largest absolute Gasteiger partial charge is 0.456 e. The fourth-order valence-corrected chi connectivity index (χ4v) is 3.29. The van der Waals surface area contributed by atoms with Gasteiger partial charge in [0.15, 0.2) is 5.75 Å². The third-order valence-corrected chi connectivity index (χ3v) is 4.60. The van der Waals surface area contributed by atoms with E-state index in [1.807, 2.05) is 13.0 Å². The molecule has 1 aliphatic carbocycles. The van der Waals surface area contributed by atoms with Crippen molar-refractivity contribution in [3.8, 4) is 5.75 Å². The lowest BCUT2D eigenvalue weighted by Gasteiger charge is -2.21. The van der Waals surface area contributed by atoms with E-state index >= 15 is 0 Å². The molecule has 23 heavy (non-hydrogen) atoms. The highest BCUT2D eigenvalue weighted by molar-refractivity contribution is 5.63. The SMILES string of the molecule is CC1=C(N)Nc2cc(CNC3Cc4ccccc4C3)ccc2O1. The van der Waals surface area contributed by atoms with Gasteiger partial charge >= 0.3 is 0 Å². The Kier molecular flexibility index (Phi) is 3.46. The van der Waals surface area contributed by atoms with Crippen molar-refractivity contribution in [3.05, 3.63) is 70.7 Å². The minimum absolute atomic E-state index is 0.514. The third-order valence-electron chi connectivity index (χ3n) is 4.60. The Bertz CT molecular complexity index is 757. The Hall–Kier alpha value is -2.46. The second-order valence-corrected chi connectivity index (χ2v) is 6.28. The van der Waals surface area contributed by atoms with Crippen LogP contribution in [-0.4, -0.2) is 6.04 Å². The van der Waals surface area contributed by atoms with Crippen molar-refractivity contribution in [1.29, 1.82) is 0 Å². The third kappa shape index (κ3) is 2.78. The van der Waals surface area contributed by atoms with E-state index in [-0.39, 0.29) is 0 Å². The molecule has 0 atom stereocenters. The molecule has 4 nitrogen and oxygen atoms in total. The van der Waals surface area contributed by atoms with Crippen LogP contribution in [0.4, 0.5) is 5.69 Å². The standard InChI is InChI=1S/C19H21N3O/c1-12-19(20)22-17-8-13(6-7-18(17)23-12)11-21-16-9-14-4-2-3-5-15(14)10-16/h2-8,16,21-22H,9-11,20H2,1H3. The van der Waals surface area contributed by atoms with E-state index in [1.165, 1.54) is 16.7 Å². The molecule has 0 amide bonds. The molecule has 1 aliphatic heterocycles. The Morgan fingerprint density at radius 2 is 1.91 bits per heavy atom. The van der Waals surface area contributed by atoms with Gasteiger partial charge < -0.3 is 21.1 Å². The molecule has 4 N–H and O–H groups in total. The lowest BCUT2D eigenvalue weighted by atomic mass is 10.1. The molecule has 0 saturated carbocycles. The van der Waals surface area contributed by atoms with Crippen LogP contribution >= 0.6 is 0 Å². The van der Waals surface area contributed by atoms with E-state index in [4.69, 9.17) is 10.5 Å². The fourth-order valence-electron chi connectivity index (χ4n) is 3.29. The van der Waals surface area contributed by atoms with Crippen LogP contribution in [0.15, 0.2) is 54.0 Å². The maximum atomic E-state index is 5.89. The minimum atomic E-state index is 0.514. The lowest BCUT2D eigenvalue weighted by Crippen LogP contribution is -2.29. The van der Waals surface area contributed by atoms with Gasteiger partial charge in [-0.1, -0.05) is 30.3 Å². The van der Waals surface area contributed by atoms with E-state index in [0.717, 1.165) is 30.8 Å². The van der Waals surface area contributed by atoms with Crippen LogP contribution in [0.3, 0.4) is 0 Å². The van der Waals surface area contributed by atoms with Gasteiger partial charge in [0.25, 0.3) is 0 Å².